The van der Waals surface area contributed by atoms with Gasteiger partial charge in [0.2, 0.25) is 0 Å². The lowest BCUT2D eigenvalue weighted by atomic mass is 9.84. The van der Waals surface area contributed by atoms with E-state index in [1.807, 2.05) is 25.1 Å². The van der Waals surface area contributed by atoms with Gasteiger partial charge in [0, 0.05) is 12.6 Å². The van der Waals surface area contributed by atoms with E-state index in [1.165, 1.54) is 0 Å². The van der Waals surface area contributed by atoms with Crippen molar-refractivity contribution in [2.75, 3.05) is 12.9 Å². The molecule has 0 bridgehead atoms. The first-order chi connectivity index (χ1) is 9.20. The van der Waals surface area contributed by atoms with Gasteiger partial charge in [-0.05, 0) is 41.7 Å². The number of aromatic hydroxyl groups is 1. The van der Waals surface area contributed by atoms with Gasteiger partial charge in [-0.3, -0.25) is 4.79 Å². The Labute approximate surface area is 124 Å². The second-order valence-corrected chi connectivity index (χ2v) is 7.26. The number of amides is 1. The molecule has 1 N–H and O–H groups in total. The Hall–Kier alpha value is -1.42. The van der Waals surface area contributed by atoms with Crippen LogP contribution in [0.4, 0.5) is 0 Å². The monoisotopic (exact) mass is 291 g/mol. The Bertz CT molecular complexity index is 585. The van der Waals surface area contributed by atoms with Crippen molar-refractivity contribution in [1.82, 2.24) is 4.90 Å². The van der Waals surface area contributed by atoms with Gasteiger partial charge in [0.05, 0.1) is 10.8 Å². The minimum Gasteiger partial charge on any atom is -0.507 e. The molecular formula is C16H21NO2S. The average molecular weight is 291 g/mol. The summed E-state index contributed by atoms with van der Waals surface area (Å²) in [5.74, 6) is 1.12. The highest BCUT2D eigenvalue weighted by Gasteiger charge is 2.24. The van der Waals surface area contributed by atoms with Crippen molar-refractivity contribution in [2.45, 2.75) is 33.1 Å². The van der Waals surface area contributed by atoms with Crippen LogP contribution in [0.15, 0.2) is 17.0 Å². The molecule has 1 aromatic rings. The number of rotatable bonds is 1. The van der Waals surface area contributed by atoms with E-state index in [-0.39, 0.29) is 11.3 Å². The molecule has 0 atom stereocenters. The normalized spacial score (nSPS) is 18.1. The number of hydrogen-bond donors (Lipinski definition) is 1. The van der Waals surface area contributed by atoms with Crippen LogP contribution < -0.4 is 0 Å². The van der Waals surface area contributed by atoms with Gasteiger partial charge in [0.1, 0.15) is 5.75 Å². The van der Waals surface area contributed by atoms with Gasteiger partial charge in [-0.1, -0.05) is 32.5 Å². The van der Waals surface area contributed by atoms with Crippen LogP contribution in [-0.4, -0.2) is 28.8 Å². The molecule has 2 rings (SSSR count). The zero-order valence-electron chi connectivity index (χ0n) is 12.7. The van der Waals surface area contributed by atoms with E-state index in [0.717, 1.165) is 21.6 Å². The lowest BCUT2D eigenvalue weighted by molar-refractivity contribution is -0.123. The summed E-state index contributed by atoms with van der Waals surface area (Å²) < 4.78 is 0. The molecule has 1 aromatic carbocycles. The van der Waals surface area contributed by atoms with E-state index in [4.69, 9.17) is 0 Å². The molecule has 0 radical (unpaired) electrons. The van der Waals surface area contributed by atoms with Crippen molar-refractivity contribution < 1.29 is 9.90 Å². The molecule has 1 saturated heterocycles. The molecule has 0 aromatic heterocycles. The summed E-state index contributed by atoms with van der Waals surface area (Å²) in [5.41, 5.74) is 2.59. The van der Waals surface area contributed by atoms with Crippen LogP contribution in [-0.2, 0) is 10.2 Å². The summed E-state index contributed by atoms with van der Waals surface area (Å²) in [6, 6.07) is 3.89. The molecule has 1 aliphatic rings. The maximum absolute atomic E-state index is 11.9. The highest BCUT2D eigenvalue weighted by atomic mass is 32.2. The van der Waals surface area contributed by atoms with Gasteiger partial charge in [-0.2, -0.15) is 0 Å². The number of carbonyl (C=O) groups is 1. The smallest absolute Gasteiger partial charge is 0.260 e. The fourth-order valence-electron chi connectivity index (χ4n) is 2.19. The third kappa shape index (κ3) is 2.85. The van der Waals surface area contributed by atoms with E-state index in [0.29, 0.717) is 11.6 Å². The number of aryl methyl sites for hydroxylation is 1. The molecule has 1 heterocycles. The molecule has 0 spiro atoms. The van der Waals surface area contributed by atoms with Gasteiger partial charge in [-0.15, -0.1) is 0 Å². The Morgan fingerprint density at radius 2 is 2.00 bits per heavy atom. The Morgan fingerprint density at radius 1 is 1.35 bits per heavy atom. The standard InChI is InChI=1S/C16H21NO2S/c1-10-6-11(7-12(14(10)18)16(2,3)4)8-13-15(19)17(5)9-20-13/h6-8,18H,9H2,1-5H3/b13-8-. The van der Waals surface area contributed by atoms with Crippen molar-refractivity contribution in [3.8, 4) is 5.75 Å². The Morgan fingerprint density at radius 3 is 2.50 bits per heavy atom. The van der Waals surface area contributed by atoms with Gasteiger partial charge < -0.3 is 10.0 Å². The first-order valence-corrected chi connectivity index (χ1v) is 7.63. The van der Waals surface area contributed by atoms with Gasteiger partial charge in [0.15, 0.2) is 0 Å². The lowest BCUT2D eigenvalue weighted by Crippen LogP contribution is -2.18. The second-order valence-electron chi connectivity index (χ2n) is 6.27. The van der Waals surface area contributed by atoms with Crippen molar-refractivity contribution in [1.29, 1.82) is 0 Å². The Balaban J connectivity index is 2.47. The quantitative estimate of drug-likeness (QED) is 0.805. The number of carbonyl (C=O) groups excluding carboxylic acids is 1. The minimum atomic E-state index is -0.132. The Kier molecular flexibility index (Phi) is 3.87. The van der Waals surface area contributed by atoms with Crippen molar-refractivity contribution >= 4 is 23.7 Å². The number of thioether (sulfide) groups is 1. The second kappa shape index (κ2) is 5.17. The predicted molar refractivity (Wildman–Crippen MR) is 84.7 cm³/mol. The summed E-state index contributed by atoms with van der Waals surface area (Å²) in [6.45, 7) is 8.10. The zero-order chi connectivity index (χ0) is 15.1. The van der Waals surface area contributed by atoms with E-state index in [1.54, 1.807) is 23.7 Å². The first kappa shape index (κ1) is 15.0. The van der Waals surface area contributed by atoms with Crippen LogP contribution in [0.1, 0.15) is 37.5 Å². The van der Waals surface area contributed by atoms with Crippen molar-refractivity contribution in [2.24, 2.45) is 0 Å². The molecule has 3 nitrogen and oxygen atoms in total. The summed E-state index contributed by atoms with van der Waals surface area (Å²) in [5, 5.41) is 10.2. The molecule has 0 aliphatic carbocycles. The van der Waals surface area contributed by atoms with Crippen LogP contribution in [0.2, 0.25) is 0 Å². The van der Waals surface area contributed by atoms with E-state index >= 15 is 0 Å². The van der Waals surface area contributed by atoms with Gasteiger partial charge >= 0.3 is 0 Å². The number of phenolic OH excluding ortho intramolecular Hbond substituents is 1. The molecule has 1 aliphatic heterocycles. The molecule has 0 unspecified atom stereocenters. The topological polar surface area (TPSA) is 40.5 Å². The van der Waals surface area contributed by atoms with Crippen LogP contribution in [0.5, 0.6) is 5.75 Å². The van der Waals surface area contributed by atoms with Crippen LogP contribution >= 0.6 is 11.8 Å². The van der Waals surface area contributed by atoms with Gasteiger partial charge in [-0.25, -0.2) is 0 Å². The van der Waals surface area contributed by atoms with Crippen LogP contribution in [0, 0.1) is 6.92 Å². The van der Waals surface area contributed by atoms with Gasteiger partial charge in [0.25, 0.3) is 5.91 Å². The van der Waals surface area contributed by atoms with E-state index in [2.05, 4.69) is 20.8 Å². The SMILES string of the molecule is Cc1cc(/C=C2\SCN(C)C2=O)cc(C(C)(C)C)c1O. The summed E-state index contributed by atoms with van der Waals surface area (Å²) in [7, 11) is 1.80. The zero-order valence-corrected chi connectivity index (χ0v) is 13.5. The molecule has 20 heavy (non-hydrogen) atoms. The third-order valence-corrected chi connectivity index (χ3v) is 4.52. The van der Waals surface area contributed by atoms with E-state index in [9.17, 15) is 9.90 Å². The number of nitrogens with zero attached hydrogens (tertiary/aromatic N) is 1. The number of benzene rings is 1. The number of hydrogen-bond acceptors (Lipinski definition) is 3. The highest BCUT2D eigenvalue weighted by molar-refractivity contribution is 8.04. The predicted octanol–water partition coefficient (Wildman–Crippen LogP) is 3.50. The van der Waals surface area contributed by atoms with Crippen LogP contribution in [0.25, 0.3) is 6.08 Å². The van der Waals surface area contributed by atoms with Crippen molar-refractivity contribution in [3.63, 3.8) is 0 Å². The first-order valence-electron chi connectivity index (χ1n) is 6.64. The summed E-state index contributed by atoms with van der Waals surface area (Å²) in [4.78, 5) is 14.4. The number of phenols is 1. The number of likely N-dealkylation sites (N-methyl/N-ethyl adjacent to an activating group) is 1. The molecule has 1 fully saturated rings. The maximum atomic E-state index is 11.9. The largest absolute Gasteiger partial charge is 0.507 e. The summed E-state index contributed by atoms with van der Waals surface area (Å²) in [6.07, 6.45) is 1.91. The maximum Gasteiger partial charge on any atom is 0.260 e. The molecule has 0 saturated carbocycles. The van der Waals surface area contributed by atoms with Crippen LogP contribution in [0.3, 0.4) is 0 Å². The van der Waals surface area contributed by atoms with Crippen molar-refractivity contribution in [3.05, 3.63) is 33.7 Å². The molecule has 1 amide bonds. The highest BCUT2D eigenvalue weighted by Crippen LogP contribution is 2.36. The lowest BCUT2D eigenvalue weighted by Gasteiger charge is -2.22. The molecular weight excluding hydrogens is 270 g/mol. The van der Waals surface area contributed by atoms with E-state index < -0.39 is 0 Å². The molecule has 4 heteroatoms. The third-order valence-electron chi connectivity index (χ3n) is 3.40. The minimum absolute atomic E-state index is 0.0676. The average Bonchev–Trinajstić information content (AvgIpc) is 2.64. The fraction of sp³-hybridized carbons (Fsp3) is 0.438. The fourth-order valence-corrected chi connectivity index (χ4v) is 3.14. The summed E-state index contributed by atoms with van der Waals surface area (Å²) >= 11 is 1.55. The molecule has 108 valence electrons.